The second-order valence-electron chi connectivity index (χ2n) is 6.46. The molecule has 1 heterocycles. The predicted molar refractivity (Wildman–Crippen MR) is 110 cm³/mol. The zero-order valence-electron chi connectivity index (χ0n) is 16.3. The summed E-state index contributed by atoms with van der Waals surface area (Å²) in [6.45, 7) is 1.94. The van der Waals surface area contributed by atoms with Crippen LogP contribution in [0.4, 0.5) is 0 Å². The van der Waals surface area contributed by atoms with Crippen molar-refractivity contribution in [2.24, 2.45) is 0 Å². The lowest BCUT2D eigenvalue weighted by Crippen LogP contribution is -2.34. The minimum Gasteiger partial charge on any atom is -0.493 e. The molecule has 0 aliphatic heterocycles. The summed E-state index contributed by atoms with van der Waals surface area (Å²) in [5.74, 6) is 1.28. The number of halogens is 1. The molecule has 1 atom stereocenters. The fraction of sp³-hybridized carbons (Fsp3) is 0.286. The van der Waals surface area contributed by atoms with Gasteiger partial charge in [-0.1, -0.05) is 29.8 Å². The minimum absolute atomic E-state index is 0.0928. The maximum absolute atomic E-state index is 12.7. The zero-order valence-corrected chi connectivity index (χ0v) is 17.0. The molecule has 7 heteroatoms. The van der Waals surface area contributed by atoms with Crippen LogP contribution in [0.5, 0.6) is 17.2 Å². The van der Waals surface area contributed by atoms with Gasteiger partial charge in [0.15, 0.2) is 11.5 Å². The van der Waals surface area contributed by atoms with Crippen molar-refractivity contribution in [1.29, 1.82) is 0 Å². The van der Waals surface area contributed by atoms with E-state index in [0.29, 0.717) is 39.9 Å². The molecule has 3 aromatic rings. The summed E-state index contributed by atoms with van der Waals surface area (Å²) in [6.07, 6.45) is 0.636. The fourth-order valence-corrected chi connectivity index (χ4v) is 3.43. The summed E-state index contributed by atoms with van der Waals surface area (Å²) in [7, 11) is 4.64. The van der Waals surface area contributed by atoms with Gasteiger partial charge >= 0.3 is 0 Å². The standard InChI is InChI=1S/C21H23ClN2O4/c1-12(9-13-7-5-6-8-15(13)22)23-21(25)16-10-14-11-17(26-2)19(27-3)20(28-4)18(14)24-16/h5-8,10-12,24H,9H2,1-4H3,(H,23,25)/t12-/m1/s1. The van der Waals surface area contributed by atoms with Crippen molar-refractivity contribution in [3.63, 3.8) is 0 Å². The number of carbonyl (C=O) groups is 1. The second-order valence-corrected chi connectivity index (χ2v) is 6.87. The first-order chi connectivity index (χ1) is 13.5. The van der Waals surface area contributed by atoms with E-state index in [4.69, 9.17) is 25.8 Å². The molecular weight excluding hydrogens is 380 g/mol. The Kier molecular flexibility index (Phi) is 5.99. The highest BCUT2D eigenvalue weighted by molar-refractivity contribution is 6.31. The molecule has 0 radical (unpaired) electrons. The van der Waals surface area contributed by atoms with E-state index < -0.39 is 0 Å². The van der Waals surface area contributed by atoms with Crippen LogP contribution in [0, 0.1) is 0 Å². The van der Waals surface area contributed by atoms with E-state index in [9.17, 15) is 4.79 Å². The van der Waals surface area contributed by atoms with Gasteiger partial charge in [0.2, 0.25) is 5.75 Å². The summed E-state index contributed by atoms with van der Waals surface area (Å²) < 4.78 is 16.2. The first-order valence-electron chi connectivity index (χ1n) is 8.84. The van der Waals surface area contributed by atoms with Crippen molar-refractivity contribution < 1.29 is 19.0 Å². The number of hydrogen-bond donors (Lipinski definition) is 2. The molecule has 2 N–H and O–H groups in total. The first-order valence-corrected chi connectivity index (χ1v) is 9.22. The van der Waals surface area contributed by atoms with Crippen LogP contribution >= 0.6 is 11.6 Å². The number of methoxy groups -OCH3 is 3. The lowest BCUT2D eigenvalue weighted by atomic mass is 10.1. The number of carbonyl (C=O) groups excluding carboxylic acids is 1. The average molecular weight is 403 g/mol. The fourth-order valence-electron chi connectivity index (χ4n) is 3.21. The maximum atomic E-state index is 12.7. The Bertz CT molecular complexity index is 999. The monoisotopic (exact) mass is 402 g/mol. The molecule has 1 aromatic heterocycles. The van der Waals surface area contributed by atoms with E-state index in [1.54, 1.807) is 33.5 Å². The normalized spacial score (nSPS) is 11.9. The number of aromatic nitrogens is 1. The Morgan fingerprint density at radius 1 is 1.11 bits per heavy atom. The van der Waals surface area contributed by atoms with E-state index in [0.717, 1.165) is 10.9 Å². The molecule has 0 unspecified atom stereocenters. The number of aromatic amines is 1. The molecule has 6 nitrogen and oxygen atoms in total. The van der Waals surface area contributed by atoms with Crippen LogP contribution < -0.4 is 19.5 Å². The van der Waals surface area contributed by atoms with Gasteiger partial charge in [-0.25, -0.2) is 0 Å². The van der Waals surface area contributed by atoms with Gasteiger partial charge in [-0.05, 0) is 37.1 Å². The SMILES string of the molecule is COc1cc2cc(C(=O)N[C@H](C)Cc3ccccc3Cl)[nH]c2c(OC)c1OC. The summed E-state index contributed by atoms with van der Waals surface area (Å²) in [5, 5.41) is 4.48. The number of benzene rings is 2. The van der Waals surface area contributed by atoms with Crippen LogP contribution in [0.2, 0.25) is 5.02 Å². The number of ether oxygens (including phenoxy) is 3. The second kappa shape index (κ2) is 8.44. The minimum atomic E-state index is -0.212. The molecule has 3 rings (SSSR count). The maximum Gasteiger partial charge on any atom is 0.267 e. The van der Waals surface area contributed by atoms with Crippen LogP contribution in [-0.2, 0) is 6.42 Å². The molecule has 28 heavy (non-hydrogen) atoms. The summed E-state index contributed by atoms with van der Waals surface area (Å²) in [6, 6.07) is 11.1. The Hall–Kier alpha value is -2.86. The lowest BCUT2D eigenvalue weighted by Gasteiger charge is -2.14. The van der Waals surface area contributed by atoms with Crippen molar-refractivity contribution in [3.05, 3.63) is 52.7 Å². The number of H-pyrrole nitrogens is 1. The zero-order chi connectivity index (χ0) is 20.3. The summed E-state index contributed by atoms with van der Waals surface area (Å²) >= 11 is 6.21. The van der Waals surface area contributed by atoms with Gasteiger partial charge in [-0.2, -0.15) is 0 Å². The number of amides is 1. The van der Waals surface area contributed by atoms with E-state index in [2.05, 4.69) is 10.3 Å². The predicted octanol–water partition coefficient (Wildman–Crippen LogP) is 4.21. The highest BCUT2D eigenvalue weighted by atomic mass is 35.5. The van der Waals surface area contributed by atoms with E-state index in [1.165, 1.54) is 0 Å². The van der Waals surface area contributed by atoms with Gasteiger partial charge in [0.1, 0.15) is 5.69 Å². The number of fused-ring (bicyclic) bond motifs is 1. The molecule has 148 valence electrons. The molecule has 0 fully saturated rings. The van der Waals surface area contributed by atoms with Crippen LogP contribution in [-0.4, -0.2) is 38.3 Å². The third kappa shape index (κ3) is 3.87. The Labute approximate surface area is 168 Å². The lowest BCUT2D eigenvalue weighted by molar-refractivity contribution is 0.0936. The highest BCUT2D eigenvalue weighted by Crippen LogP contribution is 2.43. The van der Waals surface area contributed by atoms with Crippen molar-refractivity contribution in [2.45, 2.75) is 19.4 Å². The van der Waals surface area contributed by atoms with Gasteiger partial charge in [-0.3, -0.25) is 4.79 Å². The van der Waals surface area contributed by atoms with Crippen molar-refractivity contribution >= 4 is 28.4 Å². The van der Waals surface area contributed by atoms with Crippen LogP contribution in [0.1, 0.15) is 23.0 Å². The Morgan fingerprint density at radius 3 is 2.46 bits per heavy atom. The molecule has 2 aromatic carbocycles. The largest absolute Gasteiger partial charge is 0.493 e. The van der Waals surface area contributed by atoms with Gasteiger partial charge in [0.05, 0.1) is 26.8 Å². The Morgan fingerprint density at radius 2 is 1.82 bits per heavy atom. The number of hydrogen-bond acceptors (Lipinski definition) is 4. The van der Waals surface area contributed by atoms with Crippen LogP contribution in [0.3, 0.4) is 0 Å². The van der Waals surface area contributed by atoms with Crippen molar-refractivity contribution in [2.75, 3.05) is 21.3 Å². The summed E-state index contributed by atoms with van der Waals surface area (Å²) in [4.78, 5) is 15.9. The van der Waals surface area contributed by atoms with Gasteiger partial charge < -0.3 is 24.5 Å². The van der Waals surface area contributed by atoms with Crippen LogP contribution in [0.25, 0.3) is 10.9 Å². The topological polar surface area (TPSA) is 72.6 Å². The third-order valence-corrected chi connectivity index (χ3v) is 4.89. The summed E-state index contributed by atoms with van der Waals surface area (Å²) in [5.41, 5.74) is 2.09. The highest BCUT2D eigenvalue weighted by Gasteiger charge is 2.20. The van der Waals surface area contributed by atoms with Crippen molar-refractivity contribution in [1.82, 2.24) is 10.3 Å². The smallest absolute Gasteiger partial charge is 0.267 e. The molecule has 0 spiro atoms. The van der Waals surface area contributed by atoms with Crippen LogP contribution in [0.15, 0.2) is 36.4 Å². The van der Waals surface area contributed by atoms with Gasteiger partial charge in [0.25, 0.3) is 5.91 Å². The molecule has 0 aliphatic carbocycles. The molecular formula is C21H23ClN2O4. The quantitative estimate of drug-likeness (QED) is 0.621. The van der Waals surface area contributed by atoms with E-state index in [-0.39, 0.29) is 11.9 Å². The Balaban J connectivity index is 1.85. The number of rotatable bonds is 7. The molecule has 0 aliphatic rings. The van der Waals surface area contributed by atoms with E-state index >= 15 is 0 Å². The number of nitrogens with one attached hydrogen (secondary N) is 2. The molecule has 0 saturated carbocycles. The molecule has 0 saturated heterocycles. The first kappa shape index (κ1) is 19.9. The third-order valence-electron chi connectivity index (χ3n) is 4.53. The average Bonchev–Trinajstić information content (AvgIpc) is 3.12. The van der Waals surface area contributed by atoms with Crippen molar-refractivity contribution in [3.8, 4) is 17.2 Å². The van der Waals surface area contributed by atoms with E-state index in [1.807, 2.05) is 31.2 Å². The van der Waals surface area contributed by atoms with Gasteiger partial charge in [-0.15, -0.1) is 0 Å². The molecule has 0 bridgehead atoms. The molecule has 1 amide bonds. The van der Waals surface area contributed by atoms with Gasteiger partial charge in [0, 0.05) is 16.5 Å².